The van der Waals surface area contributed by atoms with Gasteiger partial charge in [0, 0.05) is 6.92 Å². The Hall–Kier alpha value is -1.15. The lowest BCUT2D eigenvalue weighted by molar-refractivity contribution is -0.139. The van der Waals surface area contributed by atoms with Gasteiger partial charge in [-0.1, -0.05) is 30.3 Å². The molecule has 0 heterocycles. The van der Waals surface area contributed by atoms with Gasteiger partial charge in [0.2, 0.25) is 0 Å². The van der Waals surface area contributed by atoms with E-state index in [1.165, 1.54) is 18.2 Å². The molecule has 0 aromatic heterocycles. The van der Waals surface area contributed by atoms with Gasteiger partial charge in [0.05, 0.1) is 0 Å². The lowest BCUT2D eigenvalue weighted by Gasteiger charge is -2.21. The molecule has 3 atom stereocenters. The molecule has 0 saturated carbocycles. The van der Waals surface area contributed by atoms with E-state index in [2.05, 4.69) is 6.92 Å². The van der Waals surface area contributed by atoms with Crippen molar-refractivity contribution in [2.75, 3.05) is 5.75 Å². The highest BCUT2D eigenvalue weighted by molar-refractivity contribution is 7.95. The van der Waals surface area contributed by atoms with Gasteiger partial charge in [-0.25, -0.2) is 0 Å². The Morgan fingerprint density at radius 3 is 2.13 bits per heavy atom. The third-order valence-electron chi connectivity index (χ3n) is 3.05. The van der Waals surface area contributed by atoms with E-state index in [1.807, 2.05) is 0 Å². The number of alkyl halides is 3. The van der Waals surface area contributed by atoms with E-state index in [1.54, 1.807) is 30.3 Å². The topological polar surface area (TPSA) is 46.1 Å². The van der Waals surface area contributed by atoms with Crippen LogP contribution in [0.3, 0.4) is 0 Å². The molecule has 3 unspecified atom stereocenters. The minimum absolute atomic E-state index is 0.214. The molecule has 0 fully saturated rings. The van der Waals surface area contributed by atoms with Crippen molar-refractivity contribution in [2.24, 2.45) is 0 Å². The summed E-state index contributed by atoms with van der Waals surface area (Å²) < 4.78 is 63.5. The first-order valence-corrected chi connectivity index (χ1v) is 9.17. The molecule has 0 N–H and O–H groups in total. The molecule has 7 heteroatoms. The predicted molar refractivity (Wildman–Crippen MR) is 84.7 cm³/mol. The molecule has 0 saturated heterocycles. The summed E-state index contributed by atoms with van der Waals surface area (Å²) in [5.41, 5.74) is -0.934. The quantitative estimate of drug-likeness (QED) is 0.762. The van der Waals surface area contributed by atoms with Crippen LogP contribution in [0, 0.1) is 6.92 Å². The maximum Gasteiger partial charge on any atom is 0.421 e. The Morgan fingerprint density at radius 2 is 1.52 bits per heavy atom. The average Bonchev–Trinajstić information content (AvgIpc) is 2.54. The van der Waals surface area contributed by atoms with Gasteiger partial charge in [-0.05, 0) is 46.6 Å². The molecule has 2 rings (SSSR count). The fourth-order valence-corrected chi connectivity index (χ4v) is 4.82. The van der Waals surface area contributed by atoms with E-state index in [-0.39, 0.29) is 10.6 Å². The third kappa shape index (κ3) is 4.67. The largest absolute Gasteiger partial charge is 0.611 e. The lowest BCUT2D eigenvalue weighted by Crippen LogP contribution is -2.28. The summed E-state index contributed by atoms with van der Waals surface area (Å²) in [7, 11) is 0. The molecule has 0 amide bonds. The molecule has 2 aromatic rings. The van der Waals surface area contributed by atoms with Gasteiger partial charge < -0.3 is 9.11 Å². The first kappa shape index (κ1) is 18.2. The predicted octanol–water partition coefficient (Wildman–Crippen LogP) is 3.82. The zero-order chi connectivity index (χ0) is 17.0. The number of halogens is 3. The van der Waals surface area contributed by atoms with Crippen LogP contribution in [-0.2, 0) is 28.5 Å². The average molecular weight is 359 g/mol. The summed E-state index contributed by atoms with van der Waals surface area (Å²) in [6, 6.07) is 13.2. The molecule has 0 bridgehead atoms. The highest BCUT2D eigenvalue weighted by Gasteiger charge is 2.38. The number of hydrogen-bond donors (Lipinski definition) is 0. The van der Waals surface area contributed by atoms with Gasteiger partial charge in [-0.2, -0.15) is 13.2 Å². The van der Waals surface area contributed by atoms with E-state index in [4.69, 9.17) is 0 Å². The molecular formula is C16H14F3O2S2. The molecule has 0 aliphatic rings. The smallest absolute Gasteiger partial charge is 0.421 e. The van der Waals surface area contributed by atoms with Crippen LogP contribution in [-0.4, -0.2) is 20.1 Å². The summed E-state index contributed by atoms with van der Waals surface area (Å²) in [6.45, 7) is 3.70. The molecule has 2 nitrogen and oxygen atoms in total. The number of benzene rings is 2. The summed E-state index contributed by atoms with van der Waals surface area (Å²) in [5, 5.41) is -0.778. The Kier molecular flexibility index (Phi) is 6.02. The molecule has 2 aromatic carbocycles. The van der Waals surface area contributed by atoms with Crippen molar-refractivity contribution in [3.8, 4) is 0 Å². The summed E-state index contributed by atoms with van der Waals surface area (Å²) in [5.74, 6) is -0.214. The highest BCUT2D eigenvalue weighted by atomic mass is 32.2. The van der Waals surface area contributed by atoms with Crippen LogP contribution in [0.1, 0.15) is 5.56 Å². The van der Waals surface area contributed by atoms with Crippen LogP contribution in [0.4, 0.5) is 13.2 Å². The molecule has 123 valence electrons. The maximum absolute atomic E-state index is 13.0. The first-order valence-electron chi connectivity index (χ1n) is 6.64. The second-order valence-corrected chi connectivity index (χ2v) is 7.94. The van der Waals surface area contributed by atoms with Crippen LogP contribution in [0.2, 0.25) is 0 Å². The Morgan fingerprint density at radius 1 is 0.957 bits per heavy atom. The van der Waals surface area contributed by atoms with Crippen molar-refractivity contribution >= 4 is 22.4 Å². The van der Waals surface area contributed by atoms with E-state index in [0.29, 0.717) is 4.90 Å². The minimum atomic E-state index is -4.58. The van der Waals surface area contributed by atoms with Crippen molar-refractivity contribution in [2.45, 2.75) is 21.2 Å². The fourth-order valence-electron chi connectivity index (χ4n) is 1.97. The number of rotatable bonds is 5. The van der Waals surface area contributed by atoms with Crippen LogP contribution in [0.15, 0.2) is 64.4 Å². The zero-order valence-corrected chi connectivity index (χ0v) is 13.6. The van der Waals surface area contributed by atoms with Crippen molar-refractivity contribution in [3.63, 3.8) is 0 Å². The van der Waals surface area contributed by atoms with Gasteiger partial charge >= 0.3 is 6.18 Å². The van der Waals surface area contributed by atoms with Crippen molar-refractivity contribution < 1.29 is 22.3 Å². The Labute approximate surface area is 139 Å². The van der Waals surface area contributed by atoms with Crippen molar-refractivity contribution in [1.29, 1.82) is 0 Å². The third-order valence-corrected chi connectivity index (χ3v) is 6.32. The zero-order valence-electron chi connectivity index (χ0n) is 12.0. The van der Waals surface area contributed by atoms with Crippen LogP contribution in [0.5, 0.6) is 0 Å². The van der Waals surface area contributed by atoms with Crippen LogP contribution >= 0.6 is 0 Å². The van der Waals surface area contributed by atoms with Gasteiger partial charge in [-0.3, -0.25) is 0 Å². The van der Waals surface area contributed by atoms with Crippen molar-refractivity contribution in [3.05, 3.63) is 67.1 Å². The van der Waals surface area contributed by atoms with Gasteiger partial charge in [0.15, 0.2) is 20.8 Å². The molecule has 1 radical (unpaired) electrons. The van der Waals surface area contributed by atoms with Crippen molar-refractivity contribution in [1.82, 2.24) is 0 Å². The Bertz CT molecular complexity index is 635. The Balaban J connectivity index is 2.15. The van der Waals surface area contributed by atoms with Gasteiger partial charge in [-0.15, -0.1) is 0 Å². The second-order valence-electron chi connectivity index (χ2n) is 4.74. The maximum atomic E-state index is 13.0. The molecule has 0 aliphatic heterocycles. The normalized spacial score (nSPS) is 15.9. The monoisotopic (exact) mass is 359 g/mol. The van der Waals surface area contributed by atoms with Gasteiger partial charge in [0.1, 0.15) is 5.56 Å². The molecule has 0 aliphatic carbocycles. The lowest BCUT2D eigenvalue weighted by atomic mass is 10.2. The highest BCUT2D eigenvalue weighted by Crippen LogP contribution is 2.34. The summed E-state index contributed by atoms with van der Waals surface area (Å²) >= 11 is -3.48. The SMILES string of the molecule is [CH2]C(C[S+]([O-])c1ccccc1C(F)(F)F)[S+]([O-])c1ccccc1. The number of hydrogen-bond acceptors (Lipinski definition) is 2. The van der Waals surface area contributed by atoms with E-state index in [0.717, 1.165) is 6.07 Å². The second kappa shape index (κ2) is 7.61. The van der Waals surface area contributed by atoms with E-state index >= 15 is 0 Å². The van der Waals surface area contributed by atoms with Crippen LogP contribution in [0.25, 0.3) is 0 Å². The fraction of sp³-hybridized carbons (Fsp3) is 0.188. The van der Waals surface area contributed by atoms with E-state index < -0.39 is 39.3 Å². The van der Waals surface area contributed by atoms with Crippen LogP contribution < -0.4 is 0 Å². The minimum Gasteiger partial charge on any atom is -0.611 e. The molecular weight excluding hydrogens is 345 g/mol. The molecule has 23 heavy (non-hydrogen) atoms. The summed E-state index contributed by atoms with van der Waals surface area (Å²) in [6.07, 6.45) is -4.58. The standard InChI is InChI=1S/C16H14F3O2S2/c1-12(23(21)13-7-3-2-4-8-13)11-22(20)15-10-6-5-9-14(15)16(17,18)19/h2-10,12H,1,11H2. The first-order chi connectivity index (χ1) is 10.8. The van der Waals surface area contributed by atoms with Gasteiger partial charge in [0.25, 0.3) is 0 Å². The molecule has 0 spiro atoms. The van der Waals surface area contributed by atoms with E-state index in [9.17, 15) is 22.3 Å². The summed E-state index contributed by atoms with van der Waals surface area (Å²) in [4.78, 5) is 0.201.